The van der Waals surface area contributed by atoms with Gasteiger partial charge in [0.2, 0.25) is 0 Å². The van der Waals surface area contributed by atoms with E-state index in [1.165, 1.54) is 6.07 Å². The molecule has 1 aliphatic heterocycles. The van der Waals surface area contributed by atoms with Gasteiger partial charge in [-0.15, -0.1) is 0 Å². The fraction of sp³-hybridized carbons (Fsp3) is 0.304. The number of nitrogens with zero attached hydrogens (tertiary/aromatic N) is 2. The molecule has 4 nitrogen and oxygen atoms in total. The minimum Gasteiger partial charge on any atom is -0.487 e. The first kappa shape index (κ1) is 19.8. The van der Waals surface area contributed by atoms with E-state index in [1.807, 2.05) is 30.3 Å². The van der Waals surface area contributed by atoms with E-state index in [4.69, 9.17) is 16.3 Å². The molecule has 150 valence electrons. The van der Waals surface area contributed by atoms with Crippen molar-refractivity contribution < 1.29 is 13.9 Å². The summed E-state index contributed by atoms with van der Waals surface area (Å²) in [5.41, 5.74) is 2.14. The molecule has 0 unspecified atom stereocenters. The standard InChI is InChI=1S/C23H22ClFN2O2/c24-22-19(6-4-16-3-1-10-26-23(16)22)17-5-7-21(20(25)15-17)29-18-8-12-27(13-9-18)11-2-14-28/h1,3-7,10,14-15,18H,2,8-9,11-13H2. The van der Waals surface area contributed by atoms with Crippen molar-refractivity contribution in [2.24, 2.45) is 0 Å². The Balaban J connectivity index is 1.48. The lowest BCUT2D eigenvalue weighted by Crippen LogP contribution is -2.38. The third kappa shape index (κ3) is 4.41. The maximum Gasteiger partial charge on any atom is 0.165 e. The number of piperidine rings is 1. The van der Waals surface area contributed by atoms with Crippen molar-refractivity contribution in [3.63, 3.8) is 0 Å². The van der Waals surface area contributed by atoms with Crippen LogP contribution in [0, 0.1) is 5.82 Å². The first-order valence-electron chi connectivity index (χ1n) is 9.81. The molecular formula is C23H22ClFN2O2. The van der Waals surface area contributed by atoms with Crippen LogP contribution in [0.2, 0.25) is 5.02 Å². The average Bonchev–Trinajstić information content (AvgIpc) is 2.75. The molecule has 1 saturated heterocycles. The van der Waals surface area contributed by atoms with E-state index in [1.54, 1.807) is 12.3 Å². The Kier molecular flexibility index (Phi) is 6.07. The van der Waals surface area contributed by atoms with Crippen molar-refractivity contribution in [3.8, 4) is 16.9 Å². The van der Waals surface area contributed by atoms with Gasteiger partial charge in [0, 0.05) is 43.2 Å². The fourth-order valence-corrected chi connectivity index (χ4v) is 4.09. The summed E-state index contributed by atoms with van der Waals surface area (Å²) in [5.74, 6) is -0.141. The highest BCUT2D eigenvalue weighted by Gasteiger charge is 2.21. The average molecular weight is 413 g/mol. The number of likely N-dealkylation sites (tertiary alicyclic amines) is 1. The molecule has 1 aliphatic rings. The van der Waals surface area contributed by atoms with Crippen LogP contribution in [0.4, 0.5) is 4.39 Å². The van der Waals surface area contributed by atoms with Crippen molar-refractivity contribution in [1.29, 1.82) is 0 Å². The lowest BCUT2D eigenvalue weighted by molar-refractivity contribution is -0.108. The molecule has 0 bridgehead atoms. The van der Waals surface area contributed by atoms with Crippen molar-refractivity contribution in [2.45, 2.75) is 25.4 Å². The van der Waals surface area contributed by atoms with Crippen LogP contribution < -0.4 is 4.74 Å². The zero-order valence-electron chi connectivity index (χ0n) is 16.0. The Morgan fingerprint density at radius 3 is 2.79 bits per heavy atom. The molecule has 0 saturated carbocycles. The Morgan fingerprint density at radius 1 is 1.21 bits per heavy atom. The topological polar surface area (TPSA) is 42.4 Å². The van der Waals surface area contributed by atoms with Crippen LogP contribution in [0.5, 0.6) is 5.75 Å². The minimum absolute atomic E-state index is 0.0173. The van der Waals surface area contributed by atoms with Crippen LogP contribution in [0.15, 0.2) is 48.7 Å². The number of aldehydes is 1. The predicted octanol–water partition coefficient (Wildman–Crippen LogP) is 5.13. The van der Waals surface area contributed by atoms with Crippen LogP contribution in [0.3, 0.4) is 0 Å². The van der Waals surface area contributed by atoms with Gasteiger partial charge in [0.25, 0.3) is 0 Å². The number of aromatic nitrogens is 1. The molecule has 1 fully saturated rings. The smallest absolute Gasteiger partial charge is 0.165 e. The molecule has 2 heterocycles. The molecule has 3 aromatic rings. The first-order chi connectivity index (χ1) is 14.2. The third-order valence-corrected chi connectivity index (χ3v) is 5.73. The van der Waals surface area contributed by atoms with E-state index in [0.29, 0.717) is 22.5 Å². The van der Waals surface area contributed by atoms with Gasteiger partial charge in [-0.25, -0.2) is 4.39 Å². The van der Waals surface area contributed by atoms with Gasteiger partial charge < -0.3 is 14.4 Å². The molecule has 29 heavy (non-hydrogen) atoms. The number of fused-ring (bicyclic) bond motifs is 1. The number of hydrogen-bond donors (Lipinski definition) is 0. The summed E-state index contributed by atoms with van der Waals surface area (Å²) in [6.45, 7) is 2.50. The van der Waals surface area contributed by atoms with Crippen LogP contribution in [-0.4, -0.2) is 41.9 Å². The van der Waals surface area contributed by atoms with Crippen LogP contribution in [-0.2, 0) is 4.79 Å². The molecule has 0 atom stereocenters. The SMILES string of the molecule is O=CCCN1CCC(Oc2ccc(-c3ccc4cccnc4c3Cl)cc2F)CC1. The van der Waals surface area contributed by atoms with E-state index in [0.717, 1.165) is 49.7 Å². The lowest BCUT2D eigenvalue weighted by Gasteiger charge is -2.31. The largest absolute Gasteiger partial charge is 0.487 e. The molecule has 4 rings (SSSR count). The molecule has 0 spiro atoms. The Morgan fingerprint density at radius 2 is 2.03 bits per heavy atom. The van der Waals surface area contributed by atoms with Gasteiger partial charge in [-0.2, -0.15) is 0 Å². The van der Waals surface area contributed by atoms with Gasteiger partial charge in [-0.1, -0.05) is 35.9 Å². The number of carbonyl (C=O) groups is 1. The molecular weight excluding hydrogens is 391 g/mol. The van der Waals surface area contributed by atoms with Crippen LogP contribution >= 0.6 is 11.6 Å². The maximum absolute atomic E-state index is 14.7. The summed E-state index contributed by atoms with van der Waals surface area (Å²) < 4.78 is 20.7. The van der Waals surface area contributed by atoms with Gasteiger partial charge in [-0.3, -0.25) is 4.98 Å². The van der Waals surface area contributed by atoms with E-state index in [2.05, 4.69) is 9.88 Å². The maximum atomic E-state index is 14.7. The number of carbonyl (C=O) groups excluding carboxylic acids is 1. The van der Waals surface area contributed by atoms with Gasteiger partial charge in [0.15, 0.2) is 11.6 Å². The zero-order valence-corrected chi connectivity index (χ0v) is 16.7. The quantitative estimate of drug-likeness (QED) is 0.526. The highest BCUT2D eigenvalue weighted by atomic mass is 35.5. The summed E-state index contributed by atoms with van der Waals surface area (Å²) in [4.78, 5) is 17.1. The minimum atomic E-state index is -0.400. The zero-order chi connectivity index (χ0) is 20.2. The van der Waals surface area contributed by atoms with E-state index >= 15 is 0 Å². The van der Waals surface area contributed by atoms with Gasteiger partial charge in [0.1, 0.15) is 12.4 Å². The number of benzene rings is 2. The van der Waals surface area contributed by atoms with Crippen molar-refractivity contribution in [2.75, 3.05) is 19.6 Å². The van der Waals surface area contributed by atoms with Crippen LogP contribution in [0.1, 0.15) is 19.3 Å². The second kappa shape index (κ2) is 8.89. The lowest BCUT2D eigenvalue weighted by atomic mass is 10.0. The highest BCUT2D eigenvalue weighted by Crippen LogP contribution is 2.35. The number of ether oxygens (including phenoxy) is 1. The van der Waals surface area contributed by atoms with Crippen LogP contribution in [0.25, 0.3) is 22.0 Å². The van der Waals surface area contributed by atoms with Gasteiger partial charge in [0.05, 0.1) is 10.5 Å². The number of pyridine rings is 1. The van der Waals surface area contributed by atoms with Gasteiger partial charge >= 0.3 is 0 Å². The molecule has 0 aliphatic carbocycles. The molecule has 6 heteroatoms. The third-order valence-electron chi connectivity index (χ3n) is 5.35. The van der Waals surface area contributed by atoms with Crippen molar-refractivity contribution >= 4 is 28.8 Å². The van der Waals surface area contributed by atoms with Crippen molar-refractivity contribution in [3.05, 3.63) is 59.5 Å². The molecule has 0 radical (unpaired) electrons. The summed E-state index contributed by atoms with van der Waals surface area (Å²) in [5, 5.41) is 1.46. The van der Waals surface area contributed by atoms with Gasteiger partial charge in [-0.05, 0) is 36.6 Å². The molecule has 0 N–H and O–H groups in total. The second-order valence-electron chi connectivity index (χ2n) is 7.26. The fourth-order valence-electron chi connectivity index (χ4n) is 3.76. The number of rotatable bonds is 6. The monoisotopic (exact) mass is 412 g/mol. The number of hydrogen-bond acceptors (Lipinski definition) is 4. The Labute approximate surface area is 174 Å². The normalized spacial score (nSPS) is 15.5. The Bertz CT molecular complexity index is 1020. The molecule has 2 aromatic carbocycles. The highest BCUT2D eigenvalue weighted by molar-refractivity contribution is 6.37. The summed E-state index contributed by atoms with van der Waals surface area (Å²) in [6.07, 6.45) is 4.81. The molecule has 1 aromatic heterocycles. The van der Waals surface area contributed by atoms with Crippen molar-refractivity contribution in [1.82, 2.24) is 9.88 Å². The second-order valence-corrected chi connectivity index (χ2v) is 7.64. The van der Waals surface area contributed by atoms with E-state index < -0.39 is 5.82 Å². The van der Waals surface area contributed by atoms with E-state index in [9.17, 15) is 9.18 Å². The number of halogens is 2. The molecule has 0 amide bonds. The summed E-state index contributed by atoms with van der Waals surface area (Å²) in [6, 6.07) is 12.6. The first-order valence-corrected chi connectivity index (χ1v) is 10.2. The van der Waals surface area contributed by atoms with E-state index in [-0.39, 0.29) is 11.9 Å². The summed E-state index contributed by atoms with van der Waals surface area (Å²) in [7, 11) is 0. The Hall–Kier alpha value is -2.50. The summed E-state index contributed by atoms with van der Waals surface area (Å²) >= 11 is 6.53. The predicted molar refractivity (Wildman–Crippen MR) is 113 cm³/mol.